The molecule has 0 bridgehead atoms. The van der Waals surface area contributed by atoms with E-state index in [1.807, 2.05) is 6.92 Å². The van der Waals surface area contributed by atoms with Gasteiger partial charge in [-0.15, -0.1) is 0 Å². The van der Waals surface area contributed by atoms with Crippen LogP contribution in [0.15, 0.2) is 48.5 Å². The Morgan fingerprint density at radius 2 is 1.68 bits per heavy atom. The first-order valence-corrected chi connectivity index (χ1v) is 7.82. The largest absolute Gasteiger partial charge is 0.376 e. The number of benzene rings is 2. The van der Waals surface area contributed by atoms with Crippen LogP contribution in [0.5, 0.6) is 0 Å². The van der Waals surface area contributed by atoms with Gasteiger partial charge in [0.05, 0.1) is 12.1 Å². The van der Waals surface area contributed by atoms with Crippen LogP contribution in [0.1, 0.15) is 27.6 Å². The van der Waals surface area contributed by atoms with Crippen LogP contribution < -0.4 is 21.7 Å². The Morgan fingerprint density at radius 3 is 2.32 bits per heavy atom. The Morgan fingerprint density at radius 1 is 1.00 bits per heavy atom. The second-order valence-corrected chi connectivity index (χ2v) is 5.25. The highest BCUT2D eigenvalue weighted by atomic mass is 16.2. The van der Waals surface area contributed by atoms with E-state index >= 15 is 0 Å². The van der Waals surface area contributed by atoms with Crippen molar-refractivity contribution in [3.63, 3.8) is 0 Å². The Kier molecular flexibility index (Phi) is 6.11. The number of carbonyl (C=O) groups is 3. The second-order valence-electron chi connectivity index (χ2n) is 5.25. The highest BCUT2D eigenvalue weighted by Crippen LogP contribution is 2.14. The van der Waals surface area contributed by atoms with E-state index < -0.39 is 5.91 Å². The van der Waals surface area contributed by atoms with Gasteiger partial charge in [-0.25, -0.2) is 0 Å². The molecule has 0 saturated carbocycles. The molecule has 0 saturated heterocycles. The number of rotatable bonds is 7. The molecule has 2 aromatic carbocycles. The Hall–Kier alpha value is -3.35. The third-order valence-corrected chi connectivity index (χ3v) is 3.40. The van der Waals surface area contributed by atoms with Crippen molar-refractivity contribution >= 4 is 29.1 Å². The van der Waals surface area contributed by atoms with Crippen LogP contribution in [-0.4, -0.2) is 30.8 Å². The maximum atomic E-state index is 12.0. The van der Waals surface area contributed by atoms with E-state index in [9.17, 15) is 14.4 Å². The van der Waals surface area contributed by atoms with Gasteiger partial charge >= 0.3 is 0 Å². The molecule has 2 aromatic rings. The van der Waals surface area contributed by atoms with Gasteiger partial charge in [0.2, 0.25) is 5.91 Å². The molecule has 0 aliphatic carbocycles. The molecule has 2 rings (SSSR count). The minimum atomic E-state index is -0.565. The van der Waals surface area contributed by atoms with E-state index in [1.165, 1.54) is 0 Å². The molecule has 0 spiro atoms. The van der Waals surface area contributed by atoms with Crippen molar-refractivity contribution < 1.29 is 14.4 Å². The monoisotopic (exact) mass is 340 g/mol. The number of nitrogens with one attached hydrogen (secondary N) is 3. The average Bonchev–Trinajstić information content (AvgIpc) is 2.61. The maximum absolute atomic E-state index is 12.0. The van der Waals surface area contributed by atoms with Crippen LogP contribution in [-0.2, 0) is 4.79 Å². The van der Waals surface area contributed by atoms with Crippen LogP contribution >= 0.6 is 0 Å². The lowest BCUT2D eigenvalue weighted by molar-refractivity contribution is -0.114. The van der Waals surface area contributed by atoms with Crippen molar-refractivity contribution in [1.29, 1.82) is 0 Å². The van der Waals surface area contributed by atoms with E-state index in [-0.39, 0.29) is 18.4 Å². The van der Waals surface area contributed by atoms with Gasteiger partial charge in [0.1, 0.15) is 0 Å². The zero-order chi connectivity index (χ0) is 18.2. The van der Waals surface area contributed by atoms with E-state index in [1.54, 1.807) is 48.5 Å². The molecule has 0 radical (unpaired) electrons. The SMILES string of the molecule is CCNC(=O)c1ccc(NC(=O)CNc2ccccc2C(N)=O)cc1. The quantitative estimate of drug-likeness (QED) is 0.613. The summed E-state index contributed by atoms with van der Waals surface area (Å²) in [5.74, 6) is -1.01. The summed E-state index contributed by atoms with van der Waals surface area (Å²) < 4.78 is 0. The van der Waals surface area contributed by atoms with Gasteiger partial charge < -0.3 is 21.7 Å². The molecule has 0 aliphatic rings. The summed E-state index contributed by atoms with van der Waals surface area (Å²) in [6.45, 7) is 2.37. The lowest BCUT2D eigenvalue weighted by Crippen LogP contribution is -2.24. The van der Waals surface area contributed by atoms with Gasteiger partial charge in [0.25, 0.3) is 11.8 Å². The van der Waals surface area contributed by atoms with Gasteiger partial charge in [-0.2, -0.15) is 0 Å². The number of nitrogens with two attached hydrogens (primary N) is 1. The summed E-state index contributed by atoms with van der Waals surface area (Å²) in [5, 5.41) is 8.29. The molecule has 5 N–H and O–H groups in total. The van der Waals surface area contributed by atoms with Crippen LogP contribution in [0, 0.1) is 0 Å². The molecular formula is C18H20N4O3. The highest BCUT2D eigenvalue weighted by molar-refractivity contribution is 6.00. The fourth-order valence-electron chi connectivity index (χ4n) is 2.20. The molecule has 7 heteroatoms. The zero-order valence-electron chi connectivity index (χ0n) is 13.8. The number of anilines is 2. The van der Waals surface area contributed by atoms with Gasteiger partial charge in [0, 0.05) is 23.5 Å². The fraction of sp³-hybridized carbons (Fsp3) is 0.167. The number of carbonyl (C=O) groups excluding carboxylic acids is 3. The van der Waals surface area contributed by atoms with Crippen LogP contribution in [0.2, 0.25) is 0 Å². The van der Waals surface area contributed by atoms with Crippen molar-refractivity contribution in [3.05, 3.63) is 59.7 Å². The average molecular weight is 340 g/mol. The van der Waals surface area contributed by atoms with Gasteiger partial charge in [-0.1, -0.05) is 12.1 Å². The lowest BCUT2D eigenvalue weighted by atomic mass is 10.1. The first-order chi connectivity index (χ1) is 12.0. The summed E-state index contributed by atoms with van der Waals surface area (Å²) in [6.07, 6.45) is 0. The molecular weight excluding hydrogens is 320 g/mol. The Labute approximate surface area is 145 Å². The predicted octanol–water partition coefficient (Wildman–Crippen LogP) is 1.59. The third kappa shape index (κ3) is 5.07. The summed E-state index contributed by atoms with van der Waals surface area (Å²) in [4.78, 5) is 35.0. The fourth-order valence-corrected chi connectivity index (χ4v) is 2.20. The highest BCUT2D eigenvalue weighted by Gasteiger charge is 2.09. The molecule has 0 aliphatic heterocycles. The van der Waals surface area contributed by atoms with Gasteiger partial charge in [0.15, 0.2) is 0 Å². The van der Waals surface area contributed by atoms with Crippen molar-refractivity contribution in [2.24, 2.45) is 5.73 Å². The van der Waals surface area contributed by atoms with E-state index in [0.29, 0.717) is 29.0 Å². The number of hydrogen-bond donors (Lipinski definition) is 4. The standard InChI is InChI=1S/C18H20N4O3/c1-2-20-18(25)12-7-9-13(10-8-12)22-16(23)11-21-15-6-4-3-5-14(15)17(19)24/h3-10,21H,2,11H2,1H3,(H2,19,24)(H,20,25)(H,22,23). The first kappa shape index (κ1) is 18.0. The minimum Gasteiger partial charge on any atom is -0.376 e. The van der Waals surface area contributed by atoms with Gasteiger partial charge in [-0.3, -0.25) is 14.4 Å². The molecule has 0 unspecified atom stereocenters. The van der Waals surface area contributed by atoms with Crippen LogP contribution in [0.4, 0.5) is 11.4 Å². The second kappa shape index (κ2) is 8.49. The van der Waals surface area contributed by atoms with Crippen molar-refractivity contribution in [3.8, 4) is 0 Å². The van der Waals surface area contributed by atoms with Crippen LogP contribution in [0.3, 0.4) is 0 Å². The molecule has 0 atom stereocenters. The molecule has 0 aromatic heterocycles. The van der Waals surface area contributed by atoms with Crippen molar-refractivity contribution in [2.75, 3.05) is 23.7 Å². The summed E-state index contributed by atoms with van der Waals surface area (Å²) >= 11 is 0. The Bertz CT molecular complexity index is 772. The number of hydrogen-bond acceptors (Lipinski definition) is 4. The smallest absolute Gasteiger partial charge is 0.251 e. The summed E-state index contributed by atoms with van der Waals surface area (Å²) in [7, 11) is 0. The molecule has 130 valence electrons. The topological polar surface area (TPSA) is 113 Å². The Balaban J connectivity index is 1.93. The third-order valence-electron chi connectivity index (χ3n) is 3.40. The van der Waals surface area contributed by atoms with Crippen LogP contribution in [0.25, 0.3) is 0 Å². The predicted molar refractivity (Wildman–Crippen MR) is 96.5 cm³/mol. The molecule has 7 nitrogen and oxygen atoms in total. The number of para-hydroxylation sites is 1. The number of amides is 3. The molecule has 0 fully saturated rings. The van der Waals surface area contributed by atoms with E-state index in [0.717, 1.165) is 0 Å². The summed E-state index contributed by atoms with van der Waals surface area (Å²) in [6, 6.07) is 13.3. The zero-order valence-corrected chi connectivity index (χ0v) is 13.8. The number of primary amides is 1. The van der Waals surface area contributed by atoms with E-state index in [4.69, 9.17) is 5.73 Å². The van der Waals surface area contributed by atoms with Gasteiger partial charge in [-0.05, 0) is 43.3 Å². The van der Waals surface area contributed by atoms with E-state index in [2.05, 4.69) is 16.0 Å². The van der Waals surface area contributed by atoms with Crippen molar-refractivity contribution in [2.45, 2.75) is 6.92 Å². The first-order valence-electron chi connectivity index (χ1n) is 7.82. The van der Waals surface area contributed by atoms with Crippen molar-refractivity contribution in [1.82, 2.24) is 5.32 Å². The maximum Gasteiger partial charge on any atom is 0.251 e. The molecule has 25 heavy (non-hydrogen) atoms. The molecule has 0 heterocycles. The normalized spacial score (nSPS) is 9.96. The lowest BCUT2D eigenvalue weighted by Gasteiger charge is -2.10. The minimum absolute atomic E-state index is 0.0254. The molecule has 3 amide bonds. The summed E-state index contributed by atoms with van der Waals surface area (Å²) in [5.41, 5.74) is 7.20.